The maximum absolute atomic E-state index is 11.8. The SMILES string of the molecule is CC(CN1CCCCC1)n1cc(C#N)c(=O)[nH]c1=O. The van der Waals surface area contributed by atoms with Crippen LogP contribution < -0.4 is 11.2 Å². The summed E-state index contributed by atoms with van der Waals surface area (Å²) in [5.41, 5.74) is -1.09. The van der Waals surface area contributed by atoms with E-state index >= 15 is 0 Å². The molecule has 19 heavy (non-hydrogen) atoms. The molecule has 102 valence electrons. The molecule has 6 nitrogen and oxygen atoms in total. The highest BCUT2D eigenvalue weighted by Crippen LogP contribution is 2.12. The maximum atomic E-state index is 11.8. The molecule has 1 fully saturated rings. The molecule has 1 aliphatic heterocycles. The fraction of sp³-hybridized carbons (Fsp3) is 0.615. The molecule has 0 radical (unpaired) electrons. The van der Waals surface area contributed by atoms with E-state index in [2.05, 4.69) is 9.88 Å². The van der Waals surface area contributed by atoms with E-state index in [9.17, 15) is 9.59 Å². The number of aromatic nitrogens is 2. The van der Waals surface area contributed by atoms with Crippen molar-refractivity contribution in [3.05, 3.63) is 32.6 Å². The van der Waals surface area contributed by atoms with Crippen LogP contribution in [0.3, 0.4) is 0 Å². The molecule has 0 aromatic carbocycles. The average Bonchev–Trinajstić information content (AvgIpc) is 2.40. The Bertz CT molecular complexity index is 590. The van der Waals surface area contributed by atoms with Gasteiger partial charge in [0.25, 0.3) is 5.56 Å². The maximum Gasteiger partial charge on any atom is 0.328 e. The van der Waals surface area contributed by atoms with Gasteiger partial charge in [-0.1, -0.05) is 6.42 Å². The molecule has 2 heterocycles. The number of hydrogen-bond donors (Lipinski definition) is 1. The van der Waals surface area contributed by atoms with Gasteiger partial charge in [0.05, 0.1) is 0 Å². The molecule has 0 aliphatic carbocycles. The van der Waals surface area contributed by atoms with Crippen LogP contribution in [0.25, 0.3) is 0 Å². The average molecular weight is 262 g/mol. The molecule has 1 N–H and O–H groups in total. The van der Waals surface area contributed by atoms with Crippen molar-refractivity contribution < 1.29 is 0 Å². The van der Waals surface area contributed by atoms with E-state index in [1.54, 1.807) is 6.07 Å². The lowest BCUT2D eigenvalue weighted by molar-refractivity contribution is 0.200. The summed E-state index contributed by atoms with van der Waals surface area (Å²) in [6, 6.07) is 1.74. The molecule has 1 aliphatic rings. The number of nitrogens with one attached hydrogen (secondary N) is 1. The first kappa shape index (κ1) is 13.6. The van der Waals surface area contributed by atoms with Gasteiger partial charge >= 0.3 is 5.69 Å². The number of aromatic amines is 1. The summed E-state index contributed by atoms with van der Waals surface area (Å²) in [7, 11) is 0. The van der Waals surface area contributed by atoms with Gasteiger partial charge in [0, 0.05) is 18.8 Å². The molecule has 0 bridgehead atoms. The second-order valence-electron chi connectivity index (χ2n) is 5.03. The molecule has 1 saturated heterocycles. The lowest BCUT2D eigenvalue weighted by Crippen LogP contribution is -2.39. The van der Waals surface area contributed by atoms with Gasteiger partial charge in [0.2, 0.25) is 0 Å². The number of piperidine rings is 1. The molecule has 1 unspecified atom stereocenters. The summed E-state index contributed by atoms with van der Waals surface area (Å²) in [5.74, 6) is 0. The van der Waals surface area contributed by atoms with Gasteiger partial charge in [0.15, 0.2) is 0 Å². The zero-order valence-electron chi connectivity index (χ0n) is 11.1. The Morgan fingerprint density at radius 1 is 1.37 bits per heavy atom. The van der Waals surface area contributed by atoms with Crippen LogP contribution in [0.4, 0.5) is 0 Å². The van der Waals surface area contributed by atoms with Crippen molar-refractivity contribution in [2.24, 2.45) is 0 Å². The summed E-state index contributed by atoms with van der Waals surface area (Å²) in [5, 5.41) is 8.84. The molecule has 1 aromatic heterocycles. The molecule has 1 atom stereocenters. The van der Waals surface area contributed by atoms with Crippen LogP contribution in [0.1, 0.15) is 37.8 Å². The second-order valence-corrected chi connectivity index (χ2v) is 5.03. The largest absolute Gasteiger partial charge is 0.328 e. The topological polar surface area (TPSA) is 81.9 Å². The van der Waals surface area contributed by atoms with E-state index in [4.69, 9.17) is 5.26 Å². The summed E-state index contributed by atoms with van der Waals surface area (Å²) < 4.78 is 1.44. The second kappa shape index (κ2) is 5.85. The first-order chi connectivity index (χ1) is 9.11. The van der Waals surface area contributed by atoms with Gasteiger partial charge in [-0.3, -0.25) is 14.3 Å². The predicted molar refractivity (Wildman–Crippen MR) is 71.0 cm³/mol. The van der Waals surface area contributed by atoms with Gasteiger partial charge in [-0.05, 0) is 32.9 Å². The number of likely N-dealkylation sites (tertiary alicyclic amines) is 1. The standard InChI is InChI=1S/C13H18N4O2/c1-10(8-16-5-3-2-4-6-16)17-9-11(7-14)12(18)15-13(17)19/h9-10H,2-6,8H2,1H3,(H,15,18,19). The smallest absolute Gasteiger partial charge is 0.301 e. The fourth-order valence-corrected chi connectivity index (χ4v) is 2.50. The van der Waals surface area contributed by atoms with Crippen molar-refractivity contribution in [2.75, 3.05) is 19.6 Å². The molecular weight excluding hydrogens is 244 g/mol. The number of nitriles is 1. The van der Waals surface area contributed by atoms with E-state index in [1.165, 1.54) is 30.0 Å². The summed E-state index contributed by atoms with van der Waals surface area (Å²) in [6.45, 7) is 4.79. The van der Waals surface area contributed by atoms with E-state index < -0.39 is 11.2 Å². The summed E-state index contributed by atoms with van der Waals surface area (Å²) >= 11 is 0. The molecule has 0 saturated carbocycles. The Balaban J connectivity index is 2.19. The van der Waals surface area contributed by atoms with E-state index in [-0.39, 0.29) is 11.6 Å². The summed E-state index contributed by atoms with van der Waals surface area (Å²) in [6.07, 6.45) is 5.01. The Kier molecular flexibility index (Phi) is 4.17. The minimum absolute atomic E-state index is 0.0231. The van der Waals surface area contributed by atoms with Crippen molar-refractivity contribution in [3.63, 3.8) is 0 Å². The zero-order chi connectivity index (χ0) is 13.8. The Labute approximate surface area is 111 Å². The van der Waals surface area contributed by atoms with Crippen LogP contribution in [-0.2, 0) is 0 Å². The first-order valence-electron chi connectivity index (χ1n) is 6.59. The number of nitrogens with zero attached hydrogens (tertiary/aromatic N) is 3. The fourth-order valence-electron chi connectivity index (χ4n) is 2.50. The lowest BCUT2D eigenvalue weighted by Gasteiger charge is -2.29. The Morgan fingerprint density at radius 3 is 2.68 bits per heavy atom. The van der Waals surface area contributed by atoms with Gasteiger partial charge in [-0.2, -0.15) is 5.26 Å². The monoisotopic (exact) mass is 262 g/mol. The molecule has 0 spiro atoms. The lowest BCUT2D eigenvalue weighted by atomic mass is 10.1. The van der Waals surface area contributed by atoms with Crippen LogP contribution >= 0.6 is 0 Å². The van der Waals surface area contributed by atoms with Crippen molar-refractivity contribution in [1.82, 2.24) is 14.5 Å². The van der Waals surface area contributed by atoms with Crippen molar-refractivity contribution in [1.29, 1.82) is 5.26 Å². The molecule has 6 heteroatoms. The molecule has 2 rings (SSSR count). The van der Waals surface area contributed by atoms with Crippen molar-refractivity contribution in [2.45, 2.75) is 32.2 Å². The van der Waals surface area contributed by atoms with Crippen LogP contribution in [-0.4, -0.2) is 34.1 Å². The zero-order valence-corrected chi connectivity index (χ0v) is 11.1. The number of rotatable bonds is 3. The van der Waals surface area contributed by atoms with E-state index in [1.807, 2.05) is 6.92 Å². The number of hydrogen-bond acceptors (Lipinski definition) is 4. The third-order valence-corrected chi connectivity index (χ3v) is 3.53. The van der Waals surface area contributed by atoms with E-state index in [0.717, 1.165) is 19.6 Å². The number of H-pyrrole nitrogens is 1. The Morgan fingerprint density at radius 2 is 2.05 bits per heavy atom. The normalized spacial score (nSPS) is 17.9. The minimum atomic E-state index is -0.617. The predicted octanol–water partition coefficient (Wildman–Crippen LogP) is 0.455. The van der Waals surface area contributed by atoms with Gasteiger partial charge < -0.3 is 4.90 Å². The minimum Gasteiger partial charge on any atom is -0.301 e. The van der Waals surface area contributed by atoms with E-state index in [0.29, 0.717) is 0 Å². The third-order valence-electron chi connectivity index (χ3n) is 3.53. The summed E-state index contributed by atoms with van der Waals surface area (Å²) in [4.78, 5) is 27.6. The molecule has 1 aromatic rings. The third kappa shape index (κ3) is 3.12. The first-order valence-corrected chi connectivity index (χ1v) is 6.59. The van der Waals surface area contributed by atoms with Crippen LogP contribution in [0.15, 0.2) is 15.8 Å². The van der Waals surface area contributed by atoms with Crippen molar-refractivity contribution in [3.8, 4) is 6.07 Å². The van der Waals surface area contributed by atoms with Gasteiger partial charge in [-0.25, -0.2) is 4.79 Å². The highest BCUT2D eigenvalue weighted by molar-refractivity contribution is 5.21. The van der Waals surface area contributed by atoms with Crippen LogP contribution in [0.5, 0.6) is 0 Å². The van der Waals surface area contributed by atoms with Crippen LogP contribution in [0, 0.1) is 11.3 Å². The Hall–Kier alpha value is -1.87. The highest BCUT2D eigenvalue weighted by Gasteiger charge is 2.16. The molecule has 0 amide bonds. The molecular formula is C13H18N4O2. The van der Waals surface area contributed by atoms with Gasteiger partial charge in [0.1, 0.15) is 11.6 Å². The van der Waals surface area contributed by atoms with Gasteiger partial charge in [-0.15, -0.1) is 0 Å². The quantitative estimate of drug-likeness (QED) is 0.857. The highest BCUT2D eigenvalue weighted by atomic mass is 16.2. The van der Waals surface area contributed by atoms with Crippen molar-refractivity contribution >= 4 is 0 Å². The van der Waals surface area contributed by atoms with Crippen LogP contribution in [0.2, 0.25) is 0 Å².